The fraction of sp³-hybridized carbons (Fsp3) is 0.500. The molecule has 0 fully saturated rings. The van der Waals surface area contributed by atoms with Crippen molar-refractivity contribution in [1.82, 2.24) is 0 Å². The van der Waals surface area contributed by atoms with Gasteiger partial charge in [-0.15, -0.1) is 0 Å². The van der Waals surface area contributed by atoms with Crippen LogP contribution in [0.2, 0.25) is 0 Å². The van der Waals surface area contributed by atoms with Crippen molar-refractivity contribution < 1.29 is 4.18 Å². The van der Waals surface area contributed by atoms with Gasteiger partial charge < -0.3 is 4.18 Å². The average molecular weight is 212 g/mol. The zero-order chi connectivity index (χ0) is 11.1. The normalized spacial score (nSPS) is 9.00. The molecule has 14 heavy (non-hydrogen) atoms. The minimum Gasteiger partial charge on any atom is -0.426 e. The van der Waals surface area contributed by atoms with Crippen molar-refractivity contribution in [2.75, 3.05) is 6.26 Å². The lowest BCUT2D eigenvalue weighted by Crippen LogP contribution is -1.88. The van der Waals surface area contributed by atoms with Gasteiger partial charge in [-0.1, -0.05) is 13.8 Å². The molecule has 1 aromatic rings. The molecule has 1 nitrogen and oxygen atoms in total. The Hall–Kier alpha value is -0.630. The van der Waals surface area contributed by atoms with Crippen LogP contribution < -0.4 is 4.18 Å². The summed E-state index contributed by atoms with van der Waals surface area (Å²) in [6, 6.07) is 4.14. The topological polar surface area (TPSA) is 9.23 Å². The summed E-state index contributed by atoms with van der Waals surface area (Å²) in [5, 5.41) is 0. The average Bonchev–Trinajstić information content (AvgIpc) is 2.18. The van der Waals surface area contributed by atoms with E-state index in [0.29, 0.717) is 0 Å². The number of rotatable bonds is 2. The van der Waals surface area contributed by atoms with Crippen molar-refractivity contribution in [1.29, 1.82) is 0 Å². The highest BCUT2D eigenvalue weighted by atomic mass is 32.2. The fourth-order valence-corrected chi connectivity index (χ4v) is 1.43. The Morgan fingerprint density at radius 2 is 1.43 bits per heavy atom. The Morgan fingerprint density at radius 3 is 1.79 bits per heavy atom. The molecule has 0 aliphatic carbocycles. The van der Waals surface area contributed by atoms with E-state index < -0.39 is 0 Å². The molecule has 0 saturated carbocycles. The molecule has 0 bridgehead atoms. The third kappa shape index (κ3) is 3.62. The summed E-state index contributed by atoms with van der Waals surface area (Å²) in [5.74, 6) is 0.947. The summed E-state index contributed by atoms with van der Waals surface area (Å²) >= 11 is 1.38. The van der Waals surface area contributed by atoms with E-state index in [2.05, 4.69) is 32.9 Å². The van der Waals surface area contributed by atoms with Gasteiger partial charge >= 0.3 is 0 Å². The van der Waals surface area contributed by atoms with E-state index in [4.69, 9.17) is 4.18 Å². The lowest BCUT2D eigenvalue weighted by atomic mass is 10.0. The molecular weight excluding hydrogens is 192 g/mol. The highest BCUT2D eigenvalue weighted by Crippen LogP contribution is 2.22. The van der Waals surface area contributed by atoms with Gasteiger partial charge in [0.05, 0.1) is 12.0 Å². The lowest BCUT2D eigenvalue weighted by Gasteiger charge is -2.07. The Balaban J connectivity index is 0.000000791. The standard InChI is InChI=1S/C10H14OS.C2H6/c1-7-5-10(11-12-4)6-8(2)9(7)3;1-2/h5-6H,1-4H3;1-2H3. The number of aryl methyl sites for hydroxylation is 2. The van der Waals surface area contributed by atoms with Crippen molar-refractivity contribution in [3.05, 3.63) is 28.8 Å². The van der Waals surface area contributed by atoms with Crippen molar-refractivity contribution >= 4 is 12.0 Å². The molecule has 1 aromatic carbocycles. The van der Waals surface area contributed by atoms with Crippen LogP contribution >= 0.6 is 12.0 Å². The first-order valence-electron chi connectivity index (χ1n) is 4.93. The second-order valence-corrected chi connectivity index (χ2v) is 3.43. The molecule has 80 valence electrons. The van der Waals surface area contributed by atoms with Gasteiger partial charge in [0, 0.05) is 6.26 Å². The zero-order valence-electron chi connectivity index (χ0n) is 9.97. The van der Waals surface area contributed by atoms with E-state index in [1.54, 1.807) is 0 Å². The highest BCUT2D eigenvalue weighted by molar-refractivity contribution is 7.94. The smallest absolute Gasteiger partial charge is 0.137 e. The van der Waals surface area contributed by atoms with Gasteiger partial charge in [-0.25, -0.2) is 0 Å². The van der Waals surface area contributed by atoms with Crippen LogP contribution in [0, 0.1) is 20.8 Å². The molecule has 0 aliphatic rings. The monoisotopic (exact) mass is 212 g/mol. The molecular formula is C12H20OS. The molecule has 0 spiro atoms. The van der Waals surface area contributed by atoms with E-state index in [1.165, 1.54) is 28.7 Å². The minimum absolute atomic E-state index is 0.947. The number of benzene rings is 1. The molecule has 0 unspecified atom stereocenters. The van der Waals surface area contributed by atoms with Crippen LogP contribution in [0.15, 0.2) is 12.1 Å². The van der Waals surface area contributed by atoms with Crippen LogP contribution in [0.5, 0.6) is 5.75 Å². The Labute approximate surface area is 92.1 Å². The summed E-state index contributed by atoms with van der Waals surface area (Å²) in [4.78, 5) is 0. The van der Waals surface area contributed by atoms with E-state index in [9.17, 15) is 0 Å². The molecule has 0 saturated heterocycles. The van der Waals surface area contributed by atoms with Crippen molar-refractivity contribution in [3.63, 3.8) is 0 Å². The van der Waals surface area contributed by atoms with Gasteiger partial charge in [0.15, 0.2) is 0 Å². The van der Waals surface area contributed by atoms with Gasteiger partial charge in [-0.2, -0.15) is 0 Å². The van der Waals surface area contributed by atoms with Crippen molar-refractivity contribution in [2.24, 2.45) is 0 Å². The van der Waals surface area contributed by atoms with Crippen LogP contribution in [0.25, 0.3) is 0 Å². The summed E-state index contributed by atoms with van der Waals surface area (Å²) in [7, 11) is 0. The lowest BCUT2D eigenvalue weighted by molar-refractivity contribution is 0.648. The van der Waals surface area contributed by atoms with Gasteiger partial charge in [0.25, 0.3) is 0 Å². The maximum Gasteiger partial charge on any atom is 0.137 e. The summed E-state index contributed by atoms with van der Waals surface area (Å²) in [6.45, 7) is 10.3. The van der Waals surface area contributed by atoms with Crippen molar-refractivity contribution in [2.45, 2.75) is 34.6 Å². The minimum atomic E-state index is 0.947. The molecule has 0 amide bonds. The van der Waals surface area contributed by atoms with Gasteiger partial charge in [-0.05, 0) is 49.6 Å². The van der Waals surface area contributed by atoms with Crippen LogP contribution in [0.4, 0.5) is 0 Å². The second-order valence-electron chi connectivity index (χ2n) is 2.93. The van der Waals surface area contributed by atoms with Crippen LogP contribution in [0.1, 0.15) is 30.5 Å². The third-order valence-electron chi connectivity index (χ3n) is 2.08. The molecule has 0 heterocycles. The third-order valence-corrected chi connectivity index (χ3v) is 2.44. The molecule has 1 rings (SSSR count). The predicted molar refractivity (Wildman–Crippen MR) is 66.1 cm³/mol. The number of hydrogen-bond acceptors (Lipinski definition) is 2. The Bertz CT molecular complexity index is 259. The van der Waals surface area contributed by atoms with Crippen LogP contribution in [0.3, 0.4) is 0 Å². The van der Waals surface area contributed by atoms with Gasteiger partial charge in [-0.3, -0.25) is 0 Å². The second kappa shape index (κ2) is 6.77. The van der Waals surface area contributed by atoms with Crippen LogP contribution in [-0.4, -0.2) is 6.26 Å². The molecule has 0 radical (unpaired) electrons. The van der Waals surface area contributed by atoms with Gasteiger partial charge in [0.2, 0.25) is 0 Å². The van der Waals surface area contributed by atoms with E-state index in [-0.39, 0.29) is 0 Å². The summed E-state index contributed by atoms with van der Waals surface area (Å²) < 4.78 is 5.34. The zero-order valence-corrected chi connectivity index (χ0v) is 10.8. The maximum absolute atomic E-state index is 5.34. The largest absolute Gasteiger partial charge is 0.426 e. The highest BCUT2D eigenvalue weighted by Gasteiger charge is 2.00. The Kier molecular flexibility index (Phi) is 6.46. The molecule has 2 heteroatoms. The fourth-order valence-electron chi connectivity index (χ4n) is 1.14. The first-order valence-corrected chi connectivity index (χ1v) is 6.08. The SMILES string of the molecule is CC.CSOc1cc(C)c(C)c(C)c1. The predicted octanol–water partition coefficient (Wildman–Crippen LogP) is 4.29. The van der Waals surface area contributed by atoms with E-state index >= 15 is 0 Å². The molecule has 0 aliphatic heterocycles. The maximum atomic E-state index is 5.34. The summed E-state index contributed by atoms with van der Waals surface area (Å²) in [5.41, 5.74) is 3.93. The first-order chi connectivity index (χ1) is 6.65. The van der Waals surface area contributed by atoms with Crippen LogP contribution in [-0.2, 0) is 0 Å². The Morgan fingerprint density at radius 1 is 1.00 bits per heavy atom. The summed E-state index contributed by atoms with van der Waals surface area (Å²) in [6.07, 6.45) is 1.92. The van der Waals surface area contributed by atoms with E-state index in [0.717, 1.165) is 5.75 Å². The molecule has 0 atom stereocenters. The molecule has 0 N–H and O–H groups in total. The first kappa shape index (κ1) is 13.4. The quantitative estimate of drug-likeness (QED) is 0.676. The number of hydrogen-bond donors (Lipinski definition) is 0. The molecule has 0 aromatic heterocycles. The van der Waals surface area contributed by atoms with E-state index in [1.807, 2.05) is 20.1 Å². The van der Waals surface area contributed by atoms with Crippen molar-refractivity contribution in [3.8, 4) is 5.75 Å². The van der Waals surface area contributed by atoms with Gasteiger partial charge in [0.1, 0.15) is 5.75 Å².